The molecule has 1 unspecified atom stereocenters. The lowest BCUT2D eigenvalue weighted by Crippen LogP contribution is -2.36. The molecule has 1 saturated heterocycles. The van der Waals surface area contributed by atoms with Crippen molar-refractivity contribution in [1.29, 1.82) is 0 Å². The number of hydrogen-bond donors (Lipinski definition) is 1. The summed E-state index contributed by atoms with van der Waals surface area (Å²) >= 11 is 6.06. The summed E-state index contributed by atoms with van der Waals surface area (Å²) in [5.74, 6) is 0.328. The first kappa shape index (κ1) is 18.5. The van der Waals surface area contributed by atoms with Crippen LogP contribution in [-0.2, 0) is 16.1 Å². The number of halogens is 1. The number of carbonyl (C=O) groups excluding carboxylic acids is 1. The first-order valence-corrected chi connectivity index (χ1v) is 9.12. The van der Waals surface area contributed by atoms with E-state index in [0.717, 1.165) is 31.9 Å². The zero-order chi connectivity index (χ0) is 18.4. The lowest BCUT2D eigenvalue weighted by Gasteiger charge is -2.28. The molecule has 6 heteroatoms. The second-order valence-electron chi connectivity index (χ2n) is 6.17. The largest absolute Gasteiger partial charge is 0.479 e. The minimum Gasteiger partial charge on any atom is -0.479 e. The Morgan fingerprint density at radius 1 is 1.19 bits per heavy atom. The summed E-state index contributed by atoms with van der Waals surface area (Å²) in [6.45, 7) is 5.51. The number of nitrogens with zero attached hydrogens (tertiary/aromatic N) is 1. The SMILES string of the molecule is CC(Oc1ccccc1Cl)C(=O)NCc1ccc(N2CCOCC2)cc1. The molecule has 2 aromatic carbocycles. The van der Waals surface area contributed by atoms with Crippen LogP contribution in [0.3, 0.4) is 0 Å². The highest BCUT2D eigenvalue weighted by Gasteiger charge is 2.16. The topological polar surface area (TPSA) is 50.8 Å². The Kier molecular flexibility index (Phi) is 6.36. The Morgan fingerprint density at radius 2 is 1.88 bits per heavy atom. The minimum atomic E-state index is -0.623. The van der Waals surface area contributed by atoms with Crippen LogP contribution in [-0.4, -0.2) is 38.3 Å². The van der Waals surface area contributed by atoms with Crippen LogP contribution < -0.4 is 15.0 Å². The summed E-state index contributed by atoms with van der Waals surface area (Å²) in [5, 5.41) is 3.39. The van der Waals surface area contributed by atoms with Crippen LogP contribution in [0.4, 0.5) is 5.69 Å². The highest BCUT2D eigenvalue weighted by atomic mass is 35.5. The van der Waals surface area contributed by atoms with E-state index in [1.165, 1.54) is 5.69 Å². The molecule has 0 radical (unpaired) electrons. The third kappa shape index (κ3) is 4.90. The van der Waals surface area contributed by atoms with Gasteiger partial charge in [0.25, 0.3) is 5.91 Å². The van der Waals surface area contributed by atoms with E-state index >= 15 is 0 Å². The summed E-state index contributed by atoms with van der Waals surface area (Å²) in [4.78, 5) is 14.5. The van der Waals surface area contributed by atoms with E-state index < -0.39 is 6.10 Å². The molecule has 26 heavy (non-hydrogen) atoms. The van der Waals surface area contributed by atoms with Gasteiger partial charge in [0.2, 0.25) is 0 Å². The summed E-state index contributed by atoms with van der Waals surface area (Å²) in [6, 6.07) is 15.3. The summed E-state index contributed by atoms with van der Waals surface area (Å²) in [5.41, 5.74) is 2.22. The van der Waals surface area contributed by atoms with Gasteiger partial charge in [0, 0.05) is 25.3 Å². The number of nitrogens with one attached hydrogen (secondary N) is 1. The molecule has 1 aliphatic rings. The van der Waals surface area contributed by atoms with Gasteiger partial charge in [-0.15, -0.1) is 0 Å². The summed E-state index contributed by atoms with van der Waals surface area (Å²) in [6.07, 6.45) is -0.623. The highest BCUT2D eigenvalue weighted by molar-refractivity contribution is 6.32. The van der Waals surface area contributed by atoms with Crippen molar-refractivity contribution in [3.8, 4) is 5.75 Å². The monoisotopic (exact) mass is 374 g/mol. The van der Waals surface area contributed by atoms with Crippen LogP contribution in [0.15, 0.2) is 48.5 Å². The molecule has 138 valence electrons. The van der Waals surface area contributed by atoms with Crippen molar-refractivity contribution in [2.75, 3.05) is 31.2 Å². The van der Waals surface area contributed by atoms with Crippen LogP contribution in [0.5, 0.6) is 5.75 Å². The lowest BCUT2D eigenvalue weighted by molar-refractivity contribution is -0.127. The van der Waals surface area contributed by atoms with Gasteiger partial charge in [-0.25, -0.2) is 0 Å². The molecular weight excluding hydrogens is 352 g/mol. The second-order valence-corrected chi connectivity index (χ2v) is 6.58. The third-order valence-corrected chi connectivity index (χ3v) is 4.60. The smallest absolute Gasteiger partial charge is 0.261 e. The fraction of sp³-hybridized carbons (Fsp3) is 0.350. The molecule has 0 aromatic heterocycles. The Balaban J connectivity index is 1.50. The number of morpholine rings is 1. The van der Waals surface area contributed by atoms with Crippen molar-refractivity contribution in [1.82, 2.24) is 5.32 Å². The number of benzene rings is 2. The third-order valence-electron chi connectivity index (χ3n) is 4.29. The Bertz CT molecular complexity index is 730. The van der Waals surface area contributed by atoms with Crippen LogP contribution in [0, 0.1) is 0 Å². The van der Waals surface area contributed by atoms with Gasteiger partial charge >= 0.3 is 0 Å². The molecule has 0 spiro atoms. The van der Waals surface area contributed by atoms with E-state index in [4.69, 9.17) is 21.1 Å². The predicted molar refractivity (Wildman–Crippen MR) is 103 cm³/mol. The maximum atomic E-state index is 12.2. The van der Waals surface area contributed by atoms with Gasteiger partial charge in [-0.1, -0.05) is 35.9 Å². The van der Waals surface area contributed by atoms with Crippen molar-refractivity contribution < 1.29 is 14.3 Å². The summed E-state index contributed by atoms with van der Waals surface area (Å²) < 4.78 is 11.0. The van der Waals surface area contributed by atoms with Gasteiger partial charge in [0.15, 0.2) is 6.10 Å². The summed E-state index contributed by atoms with van der Waals surface area (Å²) in [7, 11) is 0. The maximum absolute atomic E-state index is 12.2. The fourth-order valence-electron chi connectivity index (χ4n) is 2.76. The van der Waals surface area contributed by atoms with E-state index in [0.29, 0.717) is 17.3 Å². The van der Waals surface area contributed by atoms with Gasteiger partial charge in [0.05, 0.1) is 18.2 Å². The maximum Gasteiger partial charge on any atom is 0.261 e. The van der Waals surface area contributed by atoms with Crippen LogP contribution >= 0.6 is 11.6 Å². The van der Waals surface area contributed by atoms with E-state index in [1.54, 1.807) is 19.1 Å². The Hall–Kier alpha value is -2.24. The number of para-hydroxylation sites is 1. The number of rotatable bonds is 6. The average Bonchev–Trinajstić information content (AvgIpc) is 2.69. The molecule has 1 fully saturated rings. The molecule has 1 aliphatic heterocycles. The molecule has 1 amide bonds. The number of amides is 1. The van der Waals surface area contributed by atoms with E-state index in [2.05, 4.69) is 22.3 Å². The minimum absolute atomic E-state index is 0.179. The standard InChI is InChI=1S/C20H23ClN2O3/c1-15(26-19-5-3-2-4-18(19)21)20(24)22-14-16-6-8-17(9-7-16)23-10-12-25-13-11-23/h2-9,15H,10-14H2,1H3,(H,22,24). The molecule has 1 N–H and O–H groups in total. The van der Waals surface area contributed by atoms with Crippen molar-refractivity contribution in [2.24, 2.45) is 0 Å². The van der Waals surface area contributed by atoms with Crippen LogP contribution in [0.1, 0.15) is 12.5 Å². The number of hydrogen-bond acceptors (Lipinski definition) is 4. The molecule has 5 nitrogen and oxygen atoms in total. The second kappa shape index (κ2) is 8.92. The Morgan fingerprint density at radius 3 is 2.58 bits per heavy atom. The normalized spacial score (nSPS) is 15.4. The molecule has 2 aromatic rings. The number of anilines is 1. The zero-order valence-corrected chi connectivity index (χ0v) is 15.5. The number of ether oxygens (including phenoxy) is 2. The van der Waals surface area contributed by atoms with E-state index in [1.807, 2.05) is 24.3 Å². The van der Waals surface area contributed by atoms with E-state index in [9.17, 15) is 4.79 Å². The highest BCUT2D eigenvalue weighted by Crippen LogP contribution is 2.24. The Labute approximate surface area is 158 Å². The van der Waals surface area contributed by atoms with Crippen molar-refractivity contribution in [2.45, 2.75) is 19.6 Å². The van der Waals surface area contributed by atoms with E-state index in [-0.39, 0.29) is 5.91 Å². The van der Waals surface area contributed by atoms with Crippen molar-refractivity contribution in [3.63, 3.8) is 0 Å². The van der Waals surface area contributed by atoms with Crippen LogP contribution in [0.25, 0.3) is 0 Å². The van der Waals surface area contributed by atoms with Crippen molar-refractivity contribution >= 4 is 23.2 Å². The molecular formula is C20H23ClN2O3. The predicted octanol–water partition coefficient (Wildman–Crippen LogP) is 3.26. The first-order valence-electron chi connectivity index (χ1n) is 8.74. The van der Waals surface area contributed by atoms with Crippen LogP contribution in [0.2, 0.25) is 5.02 Å². The van der Waals surface area contributed by atoms with Gasteiger partial charge < -0.3 is 19.7 Å². The van der Waals surface area contributed by atoms with Gasteiger partial charge in [0.1, 0.15) is 5.75 Å². The van der Waals surface area contributed by atoms with Crippen molar-refractivity contribution in [3.05, 3.63) is 59.1 Å². The van der Waals surface area contributed by atoms with Gasteiger partial charge in [-0.05, 0) is 36.8 Å². The fourth-order valence-corrected chi connectivity index (χ4v) is 2.94. The quantitative estimate of drug-likeness (QED) is 0.843. The average molecular weight is 375 g/mol. The first-order chi connectivity index (χ1) is 12.6. The molecule has 3 rings (SSSR count). The molecule has 0 aliphatic carbocycles. The molecule has 1 atom stereocenters. The molecule has 0 saturated carbocycles. The van der Waals surface area contributed by atoms with Gasteiger partial charge in [-0.3, -0.25) is 4.79 Å². The van der Waals surface area contributed by atoms with Gasteiger partial charge in [-0.2, -0.15) is 0 Å². The molecule has 1 heterocycles. The number of carbonyl (C=O) groups is 1. The zero-order valence-electron chi connectivity index (χ0n) is 14.8. The lowest BCUT2D eigenvalue weighted by atomic mass is 10.2. The molecule has 0 bridgehead atoms.